The fourth-order valence-electron chi connectivity index (χ4n) is 2.94. The van der Waals surface area contributed by atoms with Gasteiger partial charge in [0.2, 0.25) is 10.0 Å². The predicted molar refractivity (Wildman–Crippen MR) is 101 cm³/mol. The van der Waals surface area contributed by atoms with Gasteiger partial charge in [-0.15, -0.1) is 0 Å². The lowest BCUT2D eigenvalue weighted by Gasteiger charge is -2.29. The van der Waals surface area contributed by atoms with E-state index < -0.39 is 10.0 Å². The van der Waals surface area contributed by atoms with Gasteiger partial charge in [0.1, 0.15) is 6.07 Å². The van der Waals surface area contributed by atoms with Crippen LogP contribution in [-0.2, 0) is 16.4 Å². The molecule has 1 N–H and O–H groups in total. The van der Waals surface area contributed by atoms with Gasteiger partial charge in [0, 0.05) is 17.8 Å². The average Bonchev–Trinajstić information content (AvgIpc) is 2.60. The van der Waals surface area contributed by atoms with Gasteiger partial charge in [-0.2, -0.15) is 5.26 Å². The van der Waals surface area contributed by atoms with Crippen LogP contribution in [0.2, 0.25) is 5.02 Å². The summed E-state index contributed by atoms with van der Waals surface area (Å²) in [5.41, 5.74) is 2.69. The van der Waals surface area contributed by atoms with Gasteiger partial charge in [0.25, 0.3) is 5.91 Å². The molecule has 1 aliphatic heterocycles. The number of hydrogen-bond acceptors (Lipinski definition) is 4. The van der Waals surface area contributed by atoms with Gasteiger partial charge < -0.3 is 5.32 Å². The summed E-state index contributed by atoms with van der Waals surface area (Å²) in [6, 6.07) is 11.6. The van der Waals surface area contributed by atoms with Crippen LogP contribution in [0.3, 0.4) is 0 Å². The van der Waals surface area contributed by atoms with Crippen LogP contribution in [0, 0.1) is 11.3 Å². The number of fused-ring (bicyclic) bond motifs is 1. The SMILES string of the molecule is CS(=O)(=O)N1CCCc2cc(C(=O)Nc3ccc(C#N)c(Cl)c3)ccc21. The predicted octanol–water partition coefficient (Wildman–Crippen LogP) is 3.18. The fraction of sp³-hybridized carbons (Fsp3) is 0.222. The van der Waals surface area contributed by atoms with Crippen molar-refractivity contribution in [2.24, 2.45) is 0 Å². The van der Waals surface area contributed by atoms with Crippen LogP contribution >= 0.6 is 11.6 Å². The Kier molecular flexibility index (Phi) is 4.90. The number of hydrogen-bond donors (Lipinski definition) is 1. The number of carbonyl (C=O) groups excluding carboxylic acids is 1. The third-order valence-corrected chi connectivity index (χ3v) is 5.66. The largest absolute Gasteiger partial charge is 0.322 e. The summed E-state index contributed by atoms with van der Waals surface area (Å²) in [5.74, 6) is -0.329. The Morgan fingerprint density at radius 1 is 1.27 bits per heavy atom. The highest BCUT2D eigenvalue weighted by molar-refractivity contribution is 7.92. The molecule has 1 heterocycles. The second-order valence-corrected chi connectivity index (χ2v) is 8.36. The molecule has 0 radical (unpaired) electrons. The van der Waals surface area contributed by atoms with Crippen molar-refractivity contribution in [1.82, 2.24) is 0 Å². The van der Waals surface area contributed by atoms with Crippen molar-refractivity contribution >= 4 is 38.9 Å². The summed E-state index contributed by atoms with van der Waals surface area (Å²) in [6.07, 6.45) is 2.60. The van der Waals surface area contributed by atoms with Gasteiger partial charge in [-0.25, -0.2) is 8.42 Å². The summed E-state index contributed by atoms with van der Waals surface area (Å²) in [7, 11) is -3.34. The van der Waals surface area contributed by atoms with Crippen LogP contribution in [0.25, 0.3) is 0 Å². The molecule has 1 aliphatic rings. The van der Waals surface area contributed by atoms with Crippen molar-refractivity contribution in [1.29, 1.82) is 5.26 Å². The maximum Gasteiger partial charge on any atom is 0.255 e. The van der Waals surface area contributed by atoms with E-state index in [0.29, 0.717) is 41.9 Å². The van der Waals surface area contributed by atoms with E-state index in [1.165, 1.54) is 22.7 Å². The van der Waals surface area contributed by atoms with Gasteiger partial charge in [0.15, 0.2) is 0 Å². The third kappa shape index (κ3) is 3.66. The first-order valence-electron chi connectivity index (χ1n) is 7.91. The summed E-state index contributed by atoms with van der Waals surface area (Å²) < 4.78 is 25.2. The highest BCUT2D eigenvalue weighted by Crippen LogP contribution is 2.30. The highest BCUT2D eigenvalue weighted by atomic mass is 35.5. The van der Waals surface area contributed by atoms with Gasteiger partial charge in [-0.05, 0) is 54.8 Å². The first-order valence-corrected chi connectivity index (χ1v) is 10.1. The Morgan fingerprint density at radius 3 is 2.69 bits per heavy atom. The number of benzene rings is 2. The Hall–Kier alpha value is -2.56. The smallest absolute Gasteiger partial charge is 0.255 e. The molecule has 0 saturated carbocycles. The number of anilines is 2. The minimum Gasteiger partial charge on any atom is -0.322 e. The minimum absolute atomic E-state index is 0.263. The zero-order valence-electron chi connectivity index (χ0n) is 14.0. The Labute approximate surface area is 157 Å². The molecule has 134 valence electrons. The van der Waals surface area contributed by atoms with Crippen molar-refractivity contribution in [2.45, 2.75) is 12.8 Å². The molecule has 0 unspecified atom stereocenters. The summed E-state index contributed by atoms with van der Waals surface area (Å²) in [5, 5.41) is 11.9. The van der Waals surface area contributed by atoms with Crippen molar-refractivity contribution < 1.29 is 13.2 Å². The maximum atomic E-state index is 12.5. The number of carbonyl (C=O) groups is 1. The van der Waals surface area contributed by atoms with E-state index in [0.717, 1.165) is 5.56 Å². The van der Waals surface area contributed by atoms with Crippen molar-refractivity contribution in [3.05, 3.63) is 58.1 Å². The fourth-order valence-corrected chi connectivity index (χ4v) is 4.15. The molecule has 0 bridgehead atoms. The topological polar surface area (TPSA) is 90.3 Å². The molecule has 0 aliphatic carbocycles. The molecule has 2 aromatic rings. The Balaban J connectivity index is 1.85. The Bertz CT molecular complexity index is 1030. The van der Waals surface area contributed by atoms with Crippen LogP contribution in [0.1, 0.15) is 27.9 Å². The second-order valence-electron chi connectivity index (χ2n) is 6.04. The highest BCUT2D eigenvalue weighted by Gasteiger charge is 2.24. The molecular formula is C18H16ClN3O3S. The summed E-state index contributed by atoms with van der Waals surface area (Å²) in [6.45, 7) is 0.446. The standard InChI is InChI=1S/C18H16ClN3O3S/c1-26(24,25)22-8-2-3-12-9-13(5-7-17(12)22)18(23)21-15-6-4-14(11-20)16(19)10-15/h4-7,9-10H,2-3,8H2,1H3,(H,21,23). The molecule has 0 spiro atoms. The van der Waals surface area contributed by atoms with Crippen LogP contribution in [0.15, 0.2) is 36.4 Å². The number of nitriles is 1. The van der Waals surface area contributed by atoms with E-state index in [4.69, 9.17) is 16.9 Å². The lowest BCUT2D eigenvalue weighted by molar-refractivity contribution is 0.102. The maximum absolute atomic E-state index is 12.5. The Morgan fingerprint density at radius 2 is 2.04 bits per heavy atom. The van der Waals surface area contributed by atoms with Gasteiger partial charge in [-0.3, -0.25) is 9.10 Å². The molecule has 6 nitrogen and oxygen atoms in total. The normalized spacial score (nSPS) is 13.7. The summed E-state index contributed by atoms with van der Waals surface area (Å²) >= 11 is 5.98. The van der Waals surface area contributed by atoms with Crippen molar-refractivity contribution in [3.63, 3.8) is 0 Å². The molecule has 1 amide bonds. The van der Waals surface area contributed by atoms with Crippen LogP contribution in [0.4, 0.5) is 11.4 Å². The lowest BCUT2D eigenvalue weighted by atomic mass is 10.0. The van der Waals surface area contributed by atoms with Crippen LogP contribution in [-0.4, -0.2) is 27.1 Å². The van der Waals surface area contributed by atoms with Gasteiger partial charge >= 0.3 is 0 Å². The zero-order chi connectivity index (χ0) is 18.9. The number of nitrogens with one attached hydrogen (secondary N) is 1. The molecule has 8 heteroatoms. The van der Waals surface area contributed by atoms with E-state index in [1.54, 1.807) is 24.3 Å². The number of rotatable bonds is 3. The first-order chi connectivity index (χ1) is 12.3. The number of amides is 1. The van der Waals surface area contributed by atoms with E-state index in [-0.39, 0.29) is 10.9 Å². The van der Waals surface area contributed by atoms with E-state index in [2.05, 4.69) is 5.32 Å². The average molecular weight is 390 g/mol. The van der Waals surface area contributed by atoms with Crippen LogP contribution < -0.4 is 9.62 Å². The number of nitrogens with zero attached hydrogens (tertiary/aromatic N) is 2. The molecule has 0 atom stereocenters. The monoisotopic (exact) mass is 389 g/mol. The zero-order valence-corrected chi connectivity index (χ0v) is 15.6. The van der Waals surface area contributed by atoms with Gasteiger partial charge in [0.05, 0.1) is 22.5 Å². The van der Waals surface area contributed by atoms with E-state index in [9.17, 15) is 13.2 Å². The minimum atomic E-state index is -3.34. The molecule has 0 saturated heterocycles. The lowest BCUT2D eigenvalue weighted by Crippen LogP contribution is -2.34. The first kappa shape index (κ1) is 18.2. The van der Waals surface area contributed by atoms with Crippen LogP contribution in [0.5, 0.6) is 0 Å². The third-order valence-electron chi connectivity index (χ3n) is 4.17. The quantitative estimate of drug-likeness (QED) is 0.872. The molecular weight excluding hydrogens is 374 g/mol. The summed E-state index contributed by atoms with van der Waals surface area (Å²) in [4.78, 5) is 12.5. The number of halogens is 1. The molecule has 3 rings (SSSR count). The van der Waals surface area contributed by atoms with Gasteiger partial charge in [-0.1, -0.05) is 11.6 Å². The molecule has 2 aromatic carbocycles. The number of aryl methyl sites for hydroxylation is 1. The van der Waals surface area contributed by atoms with E-state index in [1.807, 2.05) is 6.07 Å². The second kappa shape index (κ2) is 6.98. The molecule has 26 heavy (non-hydrogen) atoms. The van der Waals surface area contributed by atoms with Crippen molar-refractivity contribution in [3.8, 4) is 6.07 Å². The molecule has 0 aromatic heterocycles. The number of sulfonamides is 1. The van der Waals surface area contributed by atoms with E-state index >= 15 is 0 Å². The molecule has 0 fully saturated rings. The van der Waals surface area contributed by atoms with Crippen molar-refractivity contribution in [2.75, 3.05) is 22.4 Å².